The standard InChI is InChI=1S/C23H25N3O4/c1-4-14-26(15-20(27)24-18-12-8-9-13-19(18)29-3)23(28)21-16(2)30-22(25-21)17-10-6-5-7-11-17/h5-13H,4,14-15H2,1-3H3,(H,24,27). The van der Waals surface area contributed by atoms with Crippen molar-refractivity contribution in [2.75, 3.05) is 25.5 Å². The van der Waals surface area contributed by atoms with Crippen LogP contribution in [0.2, 0.25) is 0 Å². The van der Waals surface area contributed by atoms with Crippen LogP contribution in [-0.4, -0.2) is 41.9 Å². The molecule has 0 unspecified atom stereocenters. The Morgan fingerprint density at radius 3 is 2.50 bits per heavy atom. The number of benzene rings is 2. The summed E-state index contributed by atoms with van der Waals surface area (Å²) >= 11 is 0. The molecule has 1 heterocycles. The Labute approximate surface area is 175 Å². The largest absolute Gasteiger partial charge is 0.495 e. The van der Waals surface area contributed by atoms with Gasteiger partial charge < -0.3 is 19.4 Å². The molecule has 30 heavy (non-hydrogen) atoms. The molecule has 1 N–H and O–H groups in total. The molecule has 0 bridgehead atoms. The molecule has 0 aliphatic rings. The molecule has 3 rings (SSSR count). The number of carbonyl (C=O) groups excluding carboxylic acids is 2. The second kappa shape index (κ2) is 9.73. The van der Waals surface area contributed by atoms with Crippen molar-refractivity contribution in [2.24, 2.45) is 0 Å². The van der Waals surface area contributed by atoms with E-state index in [0.29, 0.717) is 36.1 Å². The topological polar surface area (TPSA) is 84.7 Å². The number of rotatable bonds is 8. The van der Waals surface area contributed by atoms with Crippen LogP contribution in [0.5, 0.6) is 5.75 Å². The van der Waals surface area contributed by atoms with Crippen LogP contribution in [0.4, 0.5) is 5.69 Å². The monoisotopic (exact) mass is 407 g/mol. The van der Waals surface area contributed by atoms with Crippen LogP contribution in [0.25, 0.3) is 11.5 Å². The van der Waals surface area contributed by atoms with E-state index in [1.54, 1.807) is 25.1 Å². The van der Waals surface area contributed by atoms with E-state index in [-0.39, 0.29) is 24.1 Å². The normalized spacial score (nSPS) is 10.5. The third-order valence-corrected chi connectivity index (χ3v) is 4.52. The lowest BCUT2D eigenvalue weighted by atomic mass is 10.2. The molecule has 0 saturated heterocycles. The molecular weight excluding hydrogens is 382 g/mol. The third kappa shape index (κ3) is 4.86. The minimum Gasteiger partial charge on any atom is -0.495 e. The first kappa shape index (κ1) is 21.1. The van der Waals surface area contributed by atoms with Gasteiger partial charge in [-0.2, -0.15) is 0 Å². The van der Waals surface area contributed by atoms with Gasteiger partial charge in [0.25, 0.3) is 5.91 Å². The number of aromatic nitrogens is 1. The molecule has 7 nitrogen and oxygen atoms in total. The Bertz CT molecular complexity index is 1010. The molecule has 1 aromatic heterocycles. The number of oxazole rings is 1. The SMILES string of the molecule is CCCN(CC(=O)Nc1ccccc1OC)C(=O)c1nc(-c2ccccc2)oc1C. The van der Waals surface area contributed by atoms with E-state index in [1.807, 2.05) is 43.3 Å². The van der Waals surface area contributed by atoms with Crippen molar-refractivity contribution in [1.82, 2.24) is 9.88 Å². The van der Waals surface area contributed by atoms with Gasteiger partial charge in [-0.1, -0.05) is 37.3 Å². The molecule has 0 saturated carbocycles. The molecule has 156 valence electrons. The van der Waals surface area contributed by atoms with Gasteiger partial charge in [-0.05, 0) is 37.6 Å². The van der Waals surface area contributed by atoms with Gasteiger partial charge in [0.2, 0.25) is 11.8 Å². The first-order valence-electron chi connectivity index (χ1n) is 9.78. The number of hydrogen-bond donors (Lipinski definition) is 1. The molecule has 0 aliphatic carbocycles. The number of hydrogen-bond acceptors (Lipinski definition) is 5. The maximum absolute atomic E-state index is 13.1. The predicted molar refractivity (Wildman–Crippen MR) is 114 cm³/mol. The van der Waals surface area contributed by atoms with E-state index >= 15 is 0 Å². The Kier molecular flexibility index (Phi) is 6.85. The quantitative estimate of drug-likeness (QED) is 0.606. The molecule has 2 amide bonds. The molecular formula is C23H25N3O4. The average molecular weight is 407 g/mol. The molecule has 0 atom stereocenters. The molecule has 0 spiro atoms. The molecule has 0 fully saturated rings. The van der Waals surface area contributed by atoms with Gasteiger partial charge in [0, 0.05) is 12.1 Å². The summed E-state index contributed by atoms with van der Waals surface area (Å²) in [5, 5.41) is 2.80. The minimum absolute atomic E-state index is 0.0995. The Morgan fingerprint density at radius 1 is 1.10 bits per heavy atom. The van der Waals surface area contributed by atoms with Crippen LogP contribution >= 0.6 is 0 Å². The van der Waals surface area contributed by atoms with Crippen molar-refractivity contribution in [3.8, 4) is 17.2 Å². The highest BCUT2D eigenvalue weighted by atomic mass is 16.5. The maximum atomic E-state index is 13.1. The lowest BCUT2D eigenvalue weighted by Crippen LogP contribution is -2.39. The van der Waals surface area contributed by atoms with Crippen LogP contribution in [0.1, 0.15) is 29.6 Å². The molecule has 0 radical (unpaired) electrons. The van der Waals surface area contributed by atoms with Crippen LogP contribution in [-0.2, 0) is 4.79 Å². The second-order valence-corrected chi connectivity index (χ2v) is 6.77. The number of para-hydroxylation sites is 2. The smallest absolute Gasteiger partial charge is 0.276 e. The fraction of sp³-hybridized carbons (Fsp3) is 0.261. The second-order valence-electron chi connectivity index (χ2n) is 6.77. The van der Waals surface area contributed by atoms with Crippen LogP contribution in [0.15, 0.2) is 59.0 Å². The van der Waals surface area contributed by atoms with Gasteiger partial charge in [-0.3, -0.25) is 9.59 Å². The summed E-state index contributed by atoms with van der Waals surface area (Å²) in [5.41, 5.74) is 1.56. The summed E-state index contributed by atoms with van der Waals surface area (Å²) < 4.78 is 11.0. The van der Waals surface area contributed by atoms with Gasteiger partial charge in [-0.15, -0.1) is 0 Å². The number of methoxy groups -OCH3 is 1. The van der Waals surface area contributed by atoms with Crippen molar-refractivity contribution in [1.29, 1.82) is 0 Å². The average Bonchev–Trinajstić information content (AvgIpc) is 3.15. The van der Waals surface area contributed by atoms with E-state index in [4.69, 9.17) is 9.15 Å². The van der Waals surface area contributed by atoms with E-state index in [2.05, 4.69) is 10.3 Å². The zero-order chi connectivity index (χ0) is 21.5. The number of nitrogens with one attached hydrogen (secondary N) is 1. The molecule has 0 aliphatic heterocycles. The fourth-order valence-corrected chi connectivity index (χ4v) is 3.08. The van der Waals surface area contributed by atoms with Crippen molar-refractivity contribution >= 4 is 17.5 Å². The Balaban J connectivity index is 1.76. The van der Waals surface area contributed by atoms with E-state index in [0.717, 1.165) is 5.56 Å². The number of amides is 2. The highest BCUT2D eigenvalue weighted by molar-refractivity contribution is 5.99. The zero-order valence-corrected chi connectivity index (χ0v) is 17.3. The highest BCUT2D eigenvalue weighted by Crippen LogP contribution is 2.24. The van der Waals surface area contributed by atoms with Gasteiger partial charge in [0.1, 0.15) is 18.1 Å². The van der Waals surface area contributed by atoms with Crippen molar-refractivity contribution in [2.45, 2.75) is 20.3 Å². The van der Waals surface area contributed by atoms with Crippen molar-refractivity contribution in [3.05, 3.63) is 66.1 Å². The highest BCUT2D eigenvalue weighted by Gasteiger charge is 2.25. The van der Waals surface area contributed by atoms with Crippen LogP contribution < -0.4 is 10.1 Å². The summed E-state index contributed by atoms with van der Waals surface area (Å²) in [6.45, 7) is 3.97. The number of carbonyl (C=O) groups is 2. The Hall–Kier alpha value is -3.61. The maximum Gasteiger partial charge on any atom is 0.276 e. The summed E-state index contributed by atoms with van der Waals surface area (Å²) in [5.74, 6) is 0.705. The van der Waals surface area contributed by atoms with Crippen LogP contribution in [0, 0.1) is 6.92 Å². The summed E-state index contributed by atoms with van der Waals surface area (Å²) in [6.07, 6.45) is 0.704. The third-order valence-electron chi connectivity index (χ3n) is 4.52. The fourth-order valence-electron chi connectivity index (χ4n) is 3.08. The number of anilines is 1. The first-order chi connectivity index (χ1) is 14.5. The van der Waals surface area contributed by atoms with Gasteiger partial charge in [0.05, 0.1) is 12.8 Å². The minimum atomic E-state index is -0.338. The summed E-state index contributed by atoms with van der Waals surface area (Å²) in [7, 11) is 1.54. The number of aryl methyl sites for hydroxylation is 1. The summed E-state index contributed by atoms with van der Waals surface area (Å²) in [6, 6.07) is 16.5. The van der Waals surface area contributed by atoms with E-state index in [9.17, 15) is 9.59 Å². The lowest BCUT2D eigenvalue weighted by molar-refractivity contribution is -0.116. The van der Waals surface area contributed by atoms with Crippen molar-refractivity contribution in [3.63, 3.8) is 0 Å². The van der Waals surface area contributed by atoms with Crippen molar-refractivity contribution < 1.29 is 18.7 Å². The number of ether oxygens (including phenoxy) is 1. The lowest BCUT2D eigenvalue weighted by Gasteiger charge is -2.21. The van der Waals surface area contributed by atoms with Gasteiger partial charge in [0.15, 0.2) is 5.69 Å². The predicted octanol–water partition coefficient (Wildman–Crippen LogP) is 4.15. The van der Waals surface area contributed by atoms with Crippen LogP contribution in [0.3, 0.4) is 0 Å². The summed E-state index contributed by atoms with van der Waals surface area (Å²) in [4.78, 5) is 31.6. The molecule has 3 aromatic rings. The first-order valence-corrected chi connectivity index (χ1v) is 9.78. The van der Waals surface area contributed by atoms with E-state index in [1.165, 1.54) is 12.0 Å². The zero-order valence-electron chi connectivity index (χ0n) is 17.3. The number of nitrogens with zero attached hydrogens (tertiary/aromatic N) is 2. The Morgan fingerprint density at radius 2 is 1.80 bits per heavy atom. The molecule has 2 aromatic carbocycles. The van der Waals surface area contributed by atoms with E-state index < -0.39 is 0 Å². The van der Waals surface area contributed by atoms with Gasteiger partial charge >= 0.3 is 0 Å². The molecule has 7 heteroatoms. The van der Waals surface area contributed by atoms with Gasteiger partial charge in [-0.25, -0.2) is 4.98 Å².